The van der Waals surface area contributed by atoms with Gasteiger partial charge in [0.2, 0.25) is 15.9 Å². The van der Waals surface area contributed by atoms with Gasteiger partial charge in [-0.1, -0.05) is 32.9 Å². The second kappa shape index (κ2) is 11.7. The Morgan fingerprint density at radius 1 is 1.16 bits per heavy atom. The number of carbonyl (C=O) groups is 1. The molecule has 1 heterocycles. The van der Waals surface area contributed by atoms with Gasteiger partial charge in [0.25, 0.3) is 11.6 Å². The van der Waals surface area contributed by atoms with E-state index in [0.29, 0.717) is 17.8 Å². The molecule has 0 aliphatic heterocycles. The van der Waals surface area contributed by atoms with Crippen molar-refractivity contribution in [3.63, 3.8) is 0 Å². The lowest BCUT2D eigenvalue weighted by Crippen LogP contribution is -2.28. The van der Waals surface area contributed by atoms with Crippen LogP contribution in [0.4, 0.5) is 5.69 Å². The molecular weight excluding hydrogens is 510 g/mol. The zero-order chi connectivity index (χ0) is 28.2. The first kappa shape index (κ1) is 28.8. The molecule has 3 rings (SSSR count). The molecule has 0 aliphatic carbocycles. The Morgan fingerprint density at radius 3 is 2.50 bits per heavy atom. The Morgan fingerprint density at radius 2 is 1.87 bits per heavy atom. The molecule has 38 heavy (non-hydrogen) atoms. The summed E-state index contributed by atoms with van der Waals surface area (Å²) < 4.78 is 36.5. The average Bonchev–Trinajstić information content (AvgIpc) is 3.18. The van der Waals surface area contributed by atoms with Gasteiger partial charge in [-0.2, -0.15) is 9.78 Å². The van der Waals surface area contributed by atoms with Gasteiger partial charge in [-0.05, 0) is 56.4 Å². The summed E-state index contributed by atoms with van der Waals surface area (Å²) in [6, 6.07) is 9.07. The van der Waals surface area contributed by atoms with E-state index >= 15 is 0 Å². The number of nitrogens with one attached hydrogen (secondary N) is 2. The van der Waals surface area contributed by atoms with E-state index in [0.717, 1.165) is 23.6 Å². The van der Waals surface area contributed by atoms with Crippen molar-refractivity contribution >= 4 is 21.6 Å². The Labute approximate surface area is 222 Å². The highest BCUT2D eigenvalue weighted by Gasteiger charge is 2.28. The molecule has 204 valence electrons. The van der Waals surface area contributed by atoms with Crippen molar-refractivity contribution in [3.8, 4) is 17.3 Å². The maximum absolute atomic E-state index is 13.2. The minimum atomic E-state index is -4.18. The number of nitro groups is 1. The smallest absolute Gasteiger partial charge is 0.272 e. The van der Waals surface area contributed by atoms with Crippen LogP contribution in [0.2, 0.25) is 0 Å². The number of sulfonamides is 1. The number of aryl methyl sites for hydroxylation is 2. The predicted octanol–water partition coefficient (Wildman–Crippen LogP) is 4.57. The molecule has 12 heteroatoms. The number of hydrogen-bond acceptors (Lipinski definition) is 7. The van der Waals surface area contributed by atoms with Gasteiger partial charge in [-0.3, -0.25) is 14.9 Å². The molecule has 0 spiro atoms. The summed E-state index contributed by atoms with van der Waals surface area (Å²) in [6.45, 7) is 11.6. The summed E-state index contributed by atoms with van der Waals surface area (Å²) >= 11 is 0. The molecule has 2 N–H and O–H groups in total. The fraction of sp³-hybridized carbons (Fsp3) is 0.385. The first-order chi connectivity index (χ1) is 17.9. The summed E-state index contributed by atoms with van der Waals surface area (Å²) in [4.78, 5) is 23.3. The highest BCUT2D eigenvalue weighted by atomic mass is 32.2. The summed E-state index contributed by atoms with van der Waals surface area (Å²) in [5.74, 6) is -0.408. The van der Waals surface area contributed by atoms with E-state index in [4.69, 9.17) is 4.74 Å². The standard InChI is InChI=1S/C26H33N5O6S/c1-7-12-27-25(32)24-19(6)26(30(29-24)21-13-17(4)8-9-18(21)5)37-22-11-10-20(31(33)34)14-23(22)38(35,36)28-15-16(2)3/h8-11,13-14,16,28H,7,12,15H2,1-6H3,(H,27,32). The van der Waals surface area contributed by atoms with Crippen molar-refractivity contribution in [1.29, 1.82) is 0 Å². The number of non-ortho nitro benzene ring substituents is 1. The van der Waals surface area contributed by atoms with Gasteiger partial charge >= 0.3 is 0 Å². The summed E-state index contributed by atoms with van der Waals surface area (Å²) in [6.07, 6.45) is 0.735. The van der Waals surface area contributed by atoms with Crippen LogP contribution < -0.4 is 14.8 Å². The van der Waals surface area contributed by atoms with Gasteiger partial charge < -0.3 is 10.1 Å². The second-order valence-electron chi connectivity index (χ2n) is 9.47. The monoisotopic (exact) mass is 543 g/mol. The molecule has 0 bridgehead atoms. The molecule has 0 atom stereocenters. The van der Waals surface area contributed by atoms with Crippen LogP contribution in [0.1, 0.15) is 54.4 Å². The summed E-state index contributed by atoms with van der Waals surface area (Å²) in [5, 5.41) is 18.8. The van der Waals surface area contributed by atoms with E-state index in [1.54, 1.807) is 6.92 Å². The normalized spacial score (nSPS) is 11.6. The molecule has 1 amide bonds. The molecule has 0 saturated heterocycles. The number of nitro benzene ring substituents is 1. The topological polar surface area (TPSA) is 145 Å². The predicted molar refractivity (Wildman–Crippen MR) is 144 cm³/mol. The number of amides is 1. The van der Waals surface area contributed by atoms with Crippen molar-refractivity contribution in [1.82, 2.24) is 19.8 Å². The Kier molecular flexibility index (Phi) is 8.89. The van der Waals surface area contributed by atoms with Crippen LogP contribution in [0, 0.1) is 36.8 Å². The number of nitrogens with zero attached hydrogens (tertiary/aromatic N) is 3. The number of carbonyl (C=O) groups excluding carboxylic acids is 1. The van der Waals surface area contributed by atoms with Crippen molar-refractivity contribution < 1.29 is 22.9 Å². The third kappa shape index (κ3) is 6.37. The fourth-order valence-corrected chi connectivity index (χ4v) is 4.97. The number of aromatic nitrogens is 2. The quantitative estimate of drug-likeness (QED) is 0.266. The second-order valence-corrected chi connectivity index (χ2v) is 11.2. The first-order valence-electron chi connectivity index (χ1n) is 12.3. The molecule has 0 unspecified atom stereocenters. The van der Waals surface area contributed by atoms with Crippen molar-refractivity contribution in [3.05, 3.63) is 68.9 Å². The van der Waals surface area contributed by atoms with E-state index in [1.807, 2.05) is 52.8 Å². The minimum absolute atomic E-state index is 0.00463. The molecule has 3 aromatic rings. The number of hydrogen-bond donors (Lipinski definition) is 2. The SMILES string of the molecule is CCCNC(=O)c1nn(-c2cc(C)ccc2C)c(Oc2ccc([N+](=O)[O-])cc2S(=O)(=O)NCC(C)C)c1C. The summed E-state index contributed by atoms with van der Waals surface area (Å²) in [5.41, 5.74) is 2.54. The lowest BCUT2D eigenvalue weighted by Gasteiger charge is -2.16. The maximum atomic E-state index is 13.2. The zero-order valence-electron chi connectivity index (χ0n) is 22.4. The molecule has 2 aromatic carbocycles. The molecule has 0 aliphatic rings. The van der Waals surface area contributed by atoms with Crippen LogP contribution in [0.25, 0.3) is 5.69 Å². The van der Waals surface area contributed by atoms with Crippen LogP contribution in [0.3, 0.4) is 0 Å². The molecule has 0 radical (unpaired) electrons. The largest absolute Gasteiger partial charge is 0.437 e. The average molecular weight is 544 g/mol. The number of rotatable bonds is 11. The fourth-order valence-electron chi connectivity index (χ4n) is 3.61. The molecule has 0 fully saturated rings. The van der Waals surface area contributed by atoms with Crippen LogP contribution in [-0.2, 0) is 10.0 Å². The van der Waals surface area contributed by atoms with Crippen LogP contribution in [-0.4, -0.2) is 42.1 Å². The van der Waals surface area contributed by atoms with E-state index < -0.39 is 31.4 Å². The van der Waals surface area contributed by atoms with Crippen LogP contribution in [0.15, 0.2) is 41.3 Å². The van der Waals surface area contributed by atoms with E-state index in [2.05, 4.69) is 15.1 Å². The van der Waals surface area contributed by atoms with Crippen LogP contribution >= 0.6 is 0 Å². The molecule has 0 saturated carbocycles. The lowest BCUT2D eigenvalue weighted by atomic mass is 10.1. The number of benzene rings is 2. The lowest BCUT2D eigenvalue weighted by molar-refractivity contribution is -0.385. The highest BCUT2D eigenvalue weighted by molar-refractivity contribution is 7.89. The molecule has 1 aromatic heterocycles. The Balaban J connectivity index is 2.22. The van der Waals surface area contributed by atoms with E-state index in [9.17, 15) is 23.3 Å². The first-order valence-corrected chi connectivity index (χ1v) is 13.7. The van der Waals surface area contributed by atoms with Gasteiger partial charge in [0.1, 0.15) is 10.6 Å². The molecule has 11 nitrogen and oxygen atoms in total. The third-order valence-electron chi connectivity index (χ3n) is 5.73. The van der Waals surface area contributed by atoms with Crippen LogP contribution in [0.5, 0.6) is 11.6 Å². The van der Waals surface area contributed by atoms with E-state index in [-0.39, 0.29) is 29.8 Å². The van der Waals surface area contributed by atoms with Gasteiger partial charge in [-0.25, -0.2) is 13.1 Å². The van der Waals surface area contributed by atoms with Gasteiger partial charge in [0.15, 0.2) is 5.69 Å². The zero-order valence-corrected chi connectivity index (χ0v) is 23.2. The van der Waals surface area contributed by atoms with Crippen molar-refractivity contribution in [2.45, 2.75) is 52.9 Å². The molecular formula is C26H33N5O6S. The van der Waals surface area contributed by atoms with Gasteiger partial charge in [0.05, 0.1) is 10.6 Å². The highest BCUT2D eigenvalue weighted by Crippen LogP contribution is 2.36. The van der Waals surface area contributed by atoms with E-state index in [1.165, 1.54) is 16.8 Å². The minimum Gasteiger partial charge on any atom is -0.437 e. The third-order valence-corrected chi connectivity index (χ3v) is 7.17. The van der Waals surface area contributed by atoms with Crippen molar-refractivity contribution in [2.75, 3.05) is 13.1 Å². The Hall–Kier alpha value is -3.77. The number of ether oxygens (including phenoxy) is 1. The van der Waals surface area contributed by atoms with Gasteiger partial charge in [-0.15, -0.1) is 0 Å². The van der Waals surface area contributed by atoms with Gasteiger partial charge in [0, 0.05) is 30.8 Å². The maximum Gasteiger partial charge on any atom is 0.272 e. The van der Waals surface area contributed by atoms with Crippen molar-refractivity contribution in [2.24, 2.45) is 5.92 Å². The Bertz CT molecular complexity index is 1460. The summed E-state index contributed by atoms with van der Waals surface area (Å²) in [7, 11) is -4.18.